The smallest absolute Gasteiger partial charge is 0.261 e. The molecular formula is C21H22ClN3O3S. The van der Waals surface area contributed by atoms with Crippen LogP contribution in [0.3, 0.4) is 0 Å². The first-order chi connectivity index (χ1) is 13.4. The molecule has 0 saturated heterocycles. The van der Waals surface area contributed by atoms with Crippen LogP contribution in [0.25, 0.3) is 0 Å². The normalized spacial score (nSPS) is 10.6. The second-order valence-corrected chi connectivity index (χ2v) is 7.84. The van der Waals surface area contributed by atoms with Gasteiger partial charge in [-0.1, -0.05) is 48.5 Å². The Morgan fingerprint density at radius 2 is 1.66 bits per heavy atom. The molecule has 0 atom stereocenters. The topological polar surface area (TPSA) is 105 Å². The molecule has 0 aliphatic rings. The monoisotopic (exact) mass is 431 g/mol. The van der Waals surface area contributed by atoms with Gasteiger partial charge in [0.25, 0.3) is 10.0 Å². The SMILES string of the molecule is Cl.N=C(N)c1ccc(CCOc2cccc(NS(=O)(=O)c3ccccc3)c2)cc1. The van der Waals surface area contributed by atoms with Crippen LogP contribution < -0.4 is 15.2 Å². The molecule has 6 nitrogen and oxygen atoms in total. The Balaban J connectivity index is 0.00000300. The number of nitrogens with one attached hydrogen (secondary N) is 2. The van der Waals surface area contributed by atoms with Crippen molar-refractivity contribution in [3.05, 3.63) is 90.0 Å². The van der Waals surface area contributed by atoms with Crippen LogP contribution in [0, 0.1) is 5.41 Å². The molecule has 0 radical (unpaired) electrons. The number of halogens is 1. The average Bonchev–Trinajstić information content (AvgIpc) is 2.69. The molecule has 0 fully saturated rings. The Kier molecular flexibility index (Phi) is 7.64. The average molecular weight is 432 g/mol. The number of nitrogens with two attached hydrogens (primary N) is 1. The quantitative estimate of drug-likeness (QED) is 0.372. The summed E-state index contributed by atoms with van der Waals surface area (Å²) in [6.07, 6.45) is 0.679. The summed E-state index contributed by atoms with van der Waals surface area (Å²) in [6, 6.07) is 22.5. The number of rotatable bonds is 8. The lowest BCUT2D eigenvalue weighted by atomic mass is 10.1. The summed E-state index contributed by atoms with van der Waals surface area (Å²) >= 11 is 0. The van der Waals surface area contributed by atoms with Gasteiger partial charge in [0.15, 0.2) is 0 Å². The van der Waals surface area contributed by atoms with Crippen LogP contribution in [0.15, 0.2) is 83.8 Å². The summed E-state index contributed by atoms with van der Waals surface area (Å²) in [7, 11) is -3.64. The number of ether oxygens (including phenoxy) is 1. The lowest BCUT2D eigenvalue weighted by Crippen LogP contribution is -2.12. The Labute approximate surface area is 176 Å². The van der Waals surface area contributed by atoms with Gasteiger partial charge in [-0.3, -0.25) is 10.1 Å². The van der Waals surface area contributed by atoms with E-state index in [1.807, 2.05) is 12.1 Å². The molecule has 152 valence electrons. The minimum atomic E-state index is -3.64. The van der Waals surface area contributed by atoms with Gasteiger partial charge >= 0.3 is 0 Å². The van der Waals surface area contributed by atoms with E-state index in [0.717, 1.165) is 5.56 Å². The summed E-state index contributed by atoms with van der Waals surface area (Å²) in [5.74, 6) is 0.617. The molecule has 4 N–H and O–H groups in total. The zero-order valence-electron chi connectivity index (χ0n) is 15.5. The minimum absolute atomic E-state index is 0. The molecule has 0 saturated carbocycles. The zero-order valence-corrected chi connectivity index (χ0v) is 17.2. The molecule has 0 unspecified atom stereocenters. The van der Waals surface area contributed by atoms with E-state index in [4.69, 9.17) is 15.9 Å². The Morgan fingerprint density at radius 1 is 0.966 bits per heavy atom. The van der Waals surface area contributed by atoms with E-state index < -0.39 is 10.0 Å². The summed E-state index contributed by atoms with van der Waals surface area (Å²) in [6.45, 7) is 0.439. The van der Waals surface area contributed by atoms with Crippen molar-refractivity contribution < 1.29 is 13.2 Å². The number of nitrogen functional groups attached to an aromatic ring is 1. The largest absolute Gasteiger partial charge is 0.493 e. The molecule has 0 aliphatic carbocycles. The lowest BCUT2D eigenvalue weighted by molar-refractivity contribution is 0.322. The maximum atomic E-state index is 12.4. The Hall–Kier alpha value is -3.03. The first-order valence-electron chi connectivity index (χ1n) is 8.68. The Bertz CT molecular complexity index is 1060. The van der Waals surface area contributed by atoms with Gasteiger partial charge in [0.2, 0.25) is 0 Å². The molecule has 29 heavy (non-hydrogen) atoms. The van der Waals surface area contributed by atoms with Crippen LogP contribution in [0.4, 0.5) is 5.69 Å². The summed E-state index contributed by atoms with van der Waals surface area (Å²) in [5, 5.41) is 7.40. The van der Waals surface area contributed by atoms with Gasteiger partial charge in [-0.15, -0.1) is 12.4 Å². The summed E-state index contributed by atoms with van der Waals surface area (Å²) < 4.78 is 33.1. The van der Waals surface area contributed by atoms with E-state index in [1.165, 1.54) is 0 Å². The van der Waals surface area contributed by atoms with E-state index in [2.05, 4.69) is 4.72 Å². The first kappa shape index (κ1) is 22.3. The van der Waals surface area contributed by atoms with Gasteiger partial charge in [0.1, 0.15) is 11.6 Å². The maximum absolute atomic E-state index is 12.4. The highest BCUT2D eigenvalue weighted by atomic mass is 35.5. The molecule has 0 heterocycles. The summed E-state index contributed by atoms with van der Waals surface area (Å²) in [4.78, 5) is 0.204. The van der Waals surface area contributed by atoms with Crippen LogP contribution in [-0.2, 0) is 16.4 Å². The van der Waals surface area contributed by atoms with Crippen molar-refractivity contribution >= 4 is 34.0 Å². The summed E-state index contributed by atoms with van der Waals surface area (Å²) in [5.41, 5.74) is 7.63. The van der Waals surface area contributed by atoms with Crippen molar-refractivity contribution in [3.8, 4) is 5.75 Å². The molecule has 0 aromatic heterocycles. The van der Waals surface area contributed by atoms with Crippen molar-refractivity contribution in [3.63, 3.8) is 0 Å². The third-order valence-electron chi connectivity index (χ3n) is 4.06. The molecule has 0 amide bonds. The molecule has 0 bridgehead atoms. The van der Waals surface area contributed by atoms with E-state index >= 15 is 0 Å². The van der Waals surface area contributed by atoms with Crippen molar-refractivity contribution in [2.45, 2.75) is 11.3 Å². The van der Waals surface area contributed by atoms with Gasteiger partial charge < -0.3 is 10.5 Å². The zero-order chi connectivity index (χ0) is 20.0. The highest BCUT2D eigenvalue weighted by Crippen LogP contribution is 2.21. The third-order valence-corrected chi connectivity index (χ3v) is 5.46. The van der Waals surface area contributed by atoms with Crippen LogP contribution in [0.1, 0.15) is 11.1 Å². The highest BCUT2D eigenvalue weighted by molar-refractivity contribution is 7.92. The fourth-order valence-electron chi connectivity index (χ4n) is 2.60. The van der Waals surface area contributed by atoms with Crippen LogP contribution in [0.2, 0.25) is 0 Å². The molecule has 3 aromatic rings. The molecule has 3 aromatic carbocycles. The number of hydrogen-bond donors (Lipinski definition) is 3. The van der Waals surface area contributed by atoms with Gasteiger partial charge in [-0.2, -0.15) is 0 Å². The van der Waals surface area contributed by atoms with E-state index in [1.54, 1.807) is 66.7 Å². The molecule has 0 spiro atoms. The third kappa shape index (κ3) is 6.23. The van der Waals surface area contributed by atoms with Crippen molar-refractivity contribution in [2.24, 2.45) is 5.73 Å². The number of amidine groups is 1. The minimum Gasteiger partial charge on any atom is -0.493 e. The van der Waals surface area contributed by atoms with Gasteiger partial charge in [-0.25, -0.2) is 8.42 Å². The number of hydrogen-bond acceptors (Lipinski definition) is 4. The molecular weight excluding hydrogens is 410 g/mol. The van der Waals surface area contributed by atoms with E-state index in [-0.39, 0.29) is 23.1 Å². The van der Waals surface area contributed by atoms with Crippen molar-refractivity contribution in [2.75, 3.05) is 11.3 Å². The lowest BCUT2D eigenvalue weighted by Gasteiger charge is -2.11. The van der Waals surface area contributed by atoms with Gasteiger partial charge in [0, 0.05) is 18.1 Å². The van der Waals surface area contributed by atoms with E-state index in [0.29, 0.717) is 30.0 Å². The van der Waals surface area contributed by atoms with Crippen molar-refractivity contribution in [1.82, 2.24) is 0 Å². The van der Waals surface area contributed by atoms with Crippen LogP contribution >= 0.6 is 12.4 Å². The fourth-order valence-corrected chi connectivity index (χ4v) is 3.67. The standard InChI is InChI=1S/C21H21N3O3S.ClH/c22-21(23)17-11-9-16(10-12-17)13-14-27-19-6-4-5-18(15-19)24-28(25,26)20-7-2-1-3-8-20;/h1-12,15,24H,13-14H2,(H3,22,23);1H. The molecule has 0 aliphatic heterocycles. The number of benzene rings is 3. The number of sulfonamides is 1. The van der Waals surface area contributed by atoms with Gasteiger partial charge in [0.05, 0.1) is 17.2 Å². The molecule has 3 rings (SSSR count). The van der Waals surface area contributed by atoms with Crippen molar-refractivity contribution in [1.29, 1.82) is 5.41 Å². The second kappa shape index (κ2) is 9.95. The maximum Gasteiger partial charge on any atom is 0.261 e. The number of anilines is 1. The predicted molar refractivity (Wildman–Crippen MR) is 118 cm³/mol. The van der Waals surface area contributed by atoms with E-state index in [9.17, 15) is 8.42 Å². The van der Waals surface area contributed by atoms with Crippen LogP contribution in [0.5, 0.6) is 5.75 Å². The second-order valence-electron chi connectivity index (χ2n) is 6.16. The predicted octanol–water partition coefficient (Wildman–Crippen LogP) is 3.81. The molecule has 8 heteroatoms. The first-order valence-corrected chi connectivity index (χ1v) is 10.2. The fraction of sp³-hybridized carbons (Fsp3) is 0.0952. The van der Waals surface area contributed by atoms with Gasteiger partial charge in [-0.05, 0) is 29.8 Å². The highest BCUT2D eigenvalue weighted by Gasteiger charge is 2.13. The van der Waals surface area contributed by atoms with Crippen LogP contribution in [-0.4, -0.2) is 20.9 Å². The Morgan fingerprint density at radius 3 is 2.31 bits per heavy atom.